The largest absolute Gasteiger partial charge is 0.457 e. The number of nitro benzene ring substituents is 1. The average molecular weight is 406 g/mol. The molecule has 0 saturated heterocycles. The summed E-state index contributed by atoms with van der Waals surface area (Å²) in [6.45, 7) is 5.93. The Kier molecular flexibility index (Phi) is 6.32. The maximum absolute atomic E-state index is 12.1. The summed E-state index contributed by atoms with van der Waals surface area (Å²) in [4.78, 5) is 22.9. The van der Waals surface area contributed by atoms with E-state index >= 15 is 0 Å². The van der Waals surface area contributed by atoms with Crippen molar-refractivity contribution in [2.75, 3.05) is 5.32 Å². The predicted molar refractivity (Wildman–Crippen MR) is 114 cm³/mol. The number of hydrogen-bond donors (Lipinski definition) is 1. The molecular formula is C23H22N2O5. The van der Waals surface area contributed by atoms with Crippen LogP contribution in [0.3, 0.4) is 0 Å². The summed E-state index contributed by atoms with van der Waals surface area (Å²) < 4.78 is 11.1. The van der Waals surface area contributed by atoms with E-state index in [2.05, 4.69) is 5.32 Å². The summed E-state index contributed by atoms with van der Waals surface area (Å²) in [5.41, 5.74) is 3.84. The van der Waals surface area contributed by atoms with Crippen LogP contribution in [0, 0.1) is 30.9 Å². The maximum atomic E-state index is 12.1. The lowest BCUT2D eigenvalue weighted by atomic mass is 10.1. The minimum Gasteiger partial charge on any atom is -0.457 e. The number of amides is 1. The molecule has 3 aromatic carbocycles. The third-order valence-electron chi connectivity index (χ3n) is 4.55. The lowest BCUT2D eigenvalue weighted by Crippen LogP contribution is -2.13. The zero-order chi connectivity index (χ0) is 21.7. The number of nitrogens with zero attached hydrogens (tertiary/aromatic N) is 1. The van der Waals surface area contributed by atoms with Crippen molar-refractivity contribution in [1.82, 2.24) is 0 Å². The van der Waals surface area contributed by atoms with E-state index in [4.69, 9.17) is 9.47 Å². The molecule has 0 unspecified atom stereocenters. The number of non-ortho nitro benzene ring substituents is 1. The number of nitrogens with one attached hydrogen (secondary N) is 1. The molecule has 7 nitrogen and oxygen atoms in total. The van der Waals surface area contributed by atoms with Gasteiger partial charge in [0, 0.05) is 12.1 Å². The first-order valence-electron chi connectivity index (χ1n) is 9.34. The van der Waals surface area contributed by atoms with Crippen molar-refractivity contribution in [3.63, 3.8) is 0 Å². The van der Waals surface area contributed by atoms with Gasteiger partial charge in [0.15, 0.2) is 0 Å². The van der Waals surface area contributed by atoms with E-state index in [-0.39, 0.29) is 23.7 Å². The number of rotatable bonds is 6. The Morgan fingerprint density at radius 1 is 1.03 bits per heavy atom. The summed E-state index contributed by atoms with van der Waals surface area (Å²) in [5, 5.41) is 13.9. The van der Waals surface area contributed by atoms with Crippen molar-refractivity contribution in [3.8, 4) is 11.5 Å². The minimum atomic E-state index is -0.715. The lowest BCUT2D eigenvalue weighted by Gasteiger charge is -2.13. The van der Waals surface area contributed by atoms with Gasteiger partial charge >= 0.3 is 6.09 Å². The maximum Gasteiger partial charge on any atom is 0.411 e. The van der Waals surface area contributed by atoms with E-state index in [1.54, 1.807) is 0 Å². The first-order chi connectivity index (χ1) is 14.3. The van der Waals surface area contributed by atoms with Gasteiger partial charge in [-0.1, -0.05) is 36.4 Å². The first-order valence-corrected chi connectivity index (χ1v) is 9.34. The molecule has 0 radical (unpaired) electrons. The molecule has 0 atom stereocenters. The fraction of sp³-hybridized carbons (Fsp3) is 0.174. The molecule has 1 N–H and O–H groups in total. The van der Waals surface area contributed by atoms with Crippen molar-refractivity contribution in [2.24, 2.45) is 0 Å². The summed E-state index contributed by atoms with van der Waals surface area (Å²) in [5.74, 6) is 0.848. The van der Waals surface area contributed by atoms with E-state index in [1.807, 2.05) is 63.2 Å². The van der Waals surface area contributed by atoms with Crippen LogP contribution in [-0.2, 0) is 11.3 Å². The van der Waals surface area contributed by atoms with Gasteiger partial charge in [0.2, 0.25) is 0 Å². The second-order valence-corrected chi connectivity index (χ2v) is 6.97. The standard InChI is InChI=1S/C23H22N2O5/c1-15-9-16(2)17(3)22(10-15)30-21-12-19(11-20(13-21)25(27)28)24-23(26)29-14-18-7-5-4-6-8-18/h4-13H,14H2,1-3H3,(H,24,26). The molecule has 1 amide bonds. The number of ether oxygens (including phenoxy) is 2. The molecule has 0 fully saturated rings. The molecule has 154 valence electrons. The number of carbonyl (C=O) groups is 1. The fourth-order valence-corrected chi connectivity index (χ4v) is 2.93. The van der Waals surface area contributed by atoms with Crippen LogP contribution in [0.15, 0.2) is 60.7 Å². The molecule has 0 aliphatic carbocycles. The predicted octanol–water partition coefficient (Wildman–Crippen LogP) is 6.06. The van der Waals surface area contributed by atoms with Gasteiger partial charge in [-0.05, 0) is 49.1 Å². The van der Waals surface area contributed by atoms with Crippen molar-refractivity contribution in [3.05, 3.63) is 93.0 Å². The molecule has 0 aliphatic heterocycles. The quantitative estimate of drug-likeness (QED) is 0.397. The van der Waals surface area contributed by atoms with Crippen molar-refractivity contribution in [1.29, 1.82) is 0 Å². The molecule has 0 spiro atoms. The lowest BCUT2D eigenvalue weighted by molar-refractivity contribution is -0.384. The number of aryl methyl sites for hydroxylation is 2. The van der Waals surface area contributed by atoms with Crippen molar-refractivity contribution in [2.45, 2.75) is 27.4 Å². The summed E-state index contributed by atoms with van der Waals surface area (Å²) in [6.07, 6.45) is -0.715. The van der Waals surface area contributed by atoms with Gasteiger partial charge in [-0.3, -0.25) is 15.4 Å². The van der Waals surface area contributed by atoms with E-state index in [1.165, 1.54) is 18.2 Å². The van der Waals surface area contributed by atoms with Crippen LogP contribution in [0.4, 0.5) is 16.2 Å². The average Bonchev–Trinajstić information content (AvgIpc) is 2.70. The van der Waals surface area contributed by atoms with Gasteiger partial charge in [-0.15, -0.1) is 0 Å². The fourth-order valence-electron chi connectivity index (χ4n) is 2.93. The molecule has 3 aromatic rings. The normalized spacial score (nSPS) is 10.4. The number of benzene rings is 3. The monoisotopic (exact) mass is 406 g/mol. The van der Waals surface area contributed by atoms with E-state index in [0.717, 1.165) is 22.3 Å². The van der Waals surface area contributed by atoms with Crippen LogP contribution < -0.4 is 10.1 Å². The number of anilines is 1. The molecule has 0 bridgehead atoms. The van der Waals surface area contributed by atoms with Crippen molar-refractivity contribution >= 4 is 17.5 Å². The first kappa shape index (κ1) is 20.9. The summed E-state index contributed by atoms with van der Waals surface area (Å²) >= 11 is 0. The summed E-state index contributed by atoms with van der Waals surface area (Å²) in [7, 11) is 0. The molecular weight excluding hydrogens is 384 g/mol. The minimum absolute atomic E-state index is 0.0900. The third kappa shape index (κ3) is 5.35. The highest BCUT2D eigenvalue weighted by Gasteiger charge is 2.15. The van der Waals surface area contributed by atoms with Gasteiger partial charge in [-0.25, -0.2) is 4.79 Å². The Labute approximate surface area is 174 Å². The smallest absolute Gasteiger partial charge is 0.411 e. The van der Waals surface area contributed by atoms with Gasteiger partial charge < -0.3 is 9.47 Å². The molecule has 7 heteroatoms. The van der Waals surface area contributed by atoms with Crippen LogP contribution in [0.5, 0.6) is 11.5 Å². The highest BCUT2D eigenvalue weighted by Crippen LogP contribution is 2.33. The van der Waals surface area contributed by atoms with Crippen LogP contribution >= 0.6 is 0 Å². The topological polar surface area (TPSA) is 90.7 Å². The van der Waals surface area contributed by atoms with E-state index in [9.17, 15) is 14.9 Å². The Morgan fingerprint density at radius 3 is 2.47 bits per heavy atom. The summed E-state index contributed by atoms with van der Waals surface area (Å²) in [6, 6.07) is 17.2. The second-order valence-electron chi connectivity index (χ2n) is 6.97. The highest BCUT2D eigenvalue weighted by atomic mass is 16.6. The Hall–Kier alpha value is -3.87. The van der Waals surface area contributed by atoms with Gasteiger partial charge in [-0.2, -0.15) is 0 Å². The number of nitro groups is 1. The Balaban J connectivity index is 1.79. The van der Waals surface area contributed by atoms with E-state index in [0.29, 0.717) is 5.75 Å². The molecule has 0 heterocycles. The van der Waals surface area contributed by atoms with Crippen LogP contribution in [0.1, 0.15) is 22.3 Å². The van der Waals surface area contributed by atoms with Gasteiger partial charge in [0.25, 0.3) is 5.69 Å². The van der Waals surface area contributed by atoms with Crippen LogP contribution in [-0.4, -0.2) is 11.0 Å². The molecule has 0 aliphatic rings. The SMILES string of the molecule is Cc1cc(C)c(C)c(Oc2cc(NC(=O)OCc3ccccc3)cc([N+](=O)[O-])c2)c1. The van der Waals surface area contributed by atoms with Gasteiger partial charge in [0.05, 0.1) is 16.7 Å². The molecule has 0 aromatic heterocycles. The Morgan fingerprint density at radius 2 is 1.77 bits per heavy atom. The molecule has 0 saturated carbocycles. The third-order valence-corrected chi connectivity index (χ3v) is 4.55. The zero-order valence-electron chi connectivity index (χ0n) is 17.0. The van der Waals surface area contributed by atoms with Crippen LogP contribution in [0.2, 0.25) is 0 Å². The molecule has 30 heavy (non-hydrogen) atoms. The highest BCUT2D eigenvalue weighted by molar-refractivity contribution is 5.85. The van der Waals surface area contributed by atoms with E-state index < -0.39 is 11.0 Å². The second kappa shape index (κ2) is 9.09. The zero-order valence-corrected chi connectivity index (χ0v) is 17.0. The number of hydrogen-bond acceptors (Lipinski definition) is 5. The molecule has 3 rings (SSSR count). The van der Waals surface area contributed by atoms with Crippen molar-refractivity contribution < 1.29 is 19.2 Å². The van der Waals surface area contributed by atoms with Gasteiger partial charge in [0.1, 0.15) is 18.1 Å². The Bertz CT molecular complexity index is 1080. The van der Waals surface area contributed by atoms with Crippen LogP contribution in [0.25, 0.3) is 0 Å². The number of carbonyl (C=O) groups excluding carboxylic acids is 1.